The van der Waals surface area contributed by atoms with Crippen LogP contribution in [0.3, 0.4) is 0 Å². The topological polar surface area (TPSA) is 75.7 Å². The lowest BCUT2D eigenvalue weighted by Crippen LogP contribution is -2.42. The molecule has 1 saturated heterocycles. The monoisotopic (exact) mass is 318 g/mol. The summed E-state index contributed by atoms with van der Waals surface area (Å²) in [4.78, 5) is 37.5. The zero-order chi connectivity index (χ0) is 17.2. The zero-order valence-corrected chi connectivity index (χ0v) is 13.9. The quantitative estimate of drug-likeness (QED) is 0.866. The fourth-order valence-corrected chi connectivity index (χ4v) is 2.58. The summed E-state index contributed by atoms with van der Waals surface area (Å²) in [6.07, 6.45) is 0.226. The van der Waals surface area contributed by atoms with Gasteiger partial charge in [0, 0.05) is 24.2 Å². The van der Waals surface area contributed by atoms with Crippen LogP contribution in [0.5, 0.6) is 0 Å². The summed E-state index contributed by atoms with van der Waals surface area (Å²) in [6.45, 7) is 6.29. The van der Waals surface area contributed by atoms with E-state index < -0.39 is 5.97 Å². The van der Waals surface area contributed by atoms with Gasteiger partial charge in [-0.2, -0.15) is 0 Å². The Hall–Kier alpha value is -2.37. The van der Waals surface area contributed by atoms with Crippen LogP contribution in [0.1, 0.15) is 37.6 Å². The summed E-state index contributed by atoms with van der Waals surface area (Å²) >= 11 is 0. The highest BCUT2D eigenvalue weighted by Crippen LogP contribution is 2.26. The Morgan fingerprint density at radius 2 is 1.83 bits per heavy atom. The molecule has 0 aliphatic carbocycles. The van der Waals surface area contributed by atoms with Crippen molar-refractivity contribution in [2.75, 3.05) is 19.0 Å². The Balaban J connectivity index is 2.00. The number of methoxy groups -OCH3 is 1. The number of nitrogens with zero attached hydrogens (tertiary/aromatic N) is 1. The molecule has 124 valence electrons. The Kier molecular flexibility index (Phi) is 4.73. The molecule has 1 heterocycles. The van der Waals surface area contributed by atoms with Gasteiger partial charge < -0.3 is 15.0 Å². The van der Waals surface area contributed by atoms with Crippen molar-refractivity contribution in [3.8, 4) is 0 Å². The molecular weight excluding hydrogens is 296 g/mol. The van der Waals surface area contributed by atoms with Crippen LogP contribution in [0.4, 0.5) is 5.69 Å². The number of carbonyl (C=O) groups is 3. The van der Waals surface area contributed by atoms with Crippen molar-refractivity contribution in [1.82, 2.24) is 4.90 Å². The minimum Gasteiger partial charge on any atom is -0.465 e. The van der Waals surface area contributed by atoms with E-state index in [1.54, 1.807) is 29.2 Å². The summed E-state index contributed by atoms with van der Waals surface area (Å²) in [5.74, 6) is -0.971. The highest BCUT2D eigenvalue weighted by Gasteiger charge is 2.39. The maximum absolute atomic E-state index is 12.3. The zero-order valence-electron chi connectivity index (χ0n) is 13.9. The molecule has 2 rings (SSSR count). The molecule has 1 aliphatic heterocycles. The van der Waals surface area contributed by atoms with E-state index in [1.807, 2.05) is 20.8 Å². The molecule has 2 amide bonds. The molecule has 0 aromatic heterocycles. The van der Waals surface area contributed by atoms with Crippen molar-refractivity contribution >= 4 is 23.5 Å². The molecule has 6 heteroatoms. The van der Waals surface area contributed by atoms with Gasteiger partial charge in [-0.3, -0.25) is 9.59 Å². The van der Waals surface area contributed by atoms with Crippen LogP contribution < -0.4 is 5.32 Å². The SMILES string of the molecule is COC(=O)c1ccc(NC(=O)[C@H]2CC(=O)N(C(C)(C)C)C2)cc1. The van der Waals surface area contributed by atoms with E-state index in [9.17, 15) is 14.4 Å². The summed E-state index contributed by atoms with van der Waals surface area (Å²) in [6, 6.07) is 6.45. The Morgan fingerprint density at radius 1 is 1.22 bits per heavy atom. The van der Waals surface area contributed by atoms with Gasteiger partial charge in [-0.1, -0.05) is 0 Å². The van der Waals surface area contributed by atoms with E-state index in [0.29, 0.717) is 17.8 Å². The van der Waals surface area contributed by atoms with Gasteiger partial charge in [-0.05, 0) is 45.0 Å². The van der Waals surface area contributed by atoms with Gasteiger partial charge >= 0.3 is 5.97 Å². The van der Waals surface area contributed by atoms with E-state index in [0.717, 1.165) is 0 Å². The van der Waals surface area contributed by atoms with Crippen LogP contribution in [0, 0.1) is 5.92 Å². The second kappa shape index (κ2) is 6.40. The molecule has 0 bridgehead atoms. The Bertz CT molecular complexity index is 616. The molecule has 1 aromatic rings. The fourth-order valence-electron chi connectivity index (χ4n) is 2.58. The Labute approximate surface area is 135 Å². The van der Waals surface area contributed by atoms with Crippen LogP contribution in [0.2, 0.25) is 0 Å². The second-order valence-corrected chi connectivity index (χ2v) is 6.63. The summed E-state index contributed by atoms with van der Waals surface area (Å²) in [5.41, 5.74) is 0.721. The number of hydrogen-bond donors (Lipinski definition) is 1. The van der Waals surface area contributed by atoms with E-state index >= 15 is 0 Å². The van der Waals surface area contributed by atoms with E-state index in [2.05, 4.69) is 10.1 Å². The normalized spacial score (nSPS) is 18.0. The third-order valence-corrected chi connectivity index (χ3v) is 3.88. The molecule has 0 unspecified atom stereocenters. The largest absolute Gasteiger partial charge is 0.465 e. The van der Waals surface area contributed by atoms with Crippen molar-refractivity contribution in [2.24, 2.45) is 5.92 Å². The Morgan fingerprint density at radius 3 is 2.30 bits per heavy atom. The van der Waals surface area contributed by atoms with Gasteiger partial charge in [-0.15, -0.1) is 0 Å². The molecule has 1 N–H and O–H groups in total. The lowest BCUT2D eigenvalue weighted by atomic mass is 10.1. The molecule has 0 saturated carbocycles. The van der Waals surface area contributed by atoms with Gasteiger partial charge in [0.25, 0.3) is 0 Å². The maximum atomic E-state index is 12.3. The molecular formula is C17H22N2O4. The van der Waals surface area contributed by atoms with E-state index in [-0.39, 0.29) is 29.7 Å². The average molecular weight is 318 g/mol. The summed E-state index contributed by atoms with van der Waals surface area (Å²) in [7, 11) is 1.32. The van der Waals surface area contributed by atoms with E-state index in [1.165, 1.54) is 7.11 Å². The second-order valence-electron chi connectivity index (χ2n) is 6.63. The standard InChI is InChI=1S/C17H22N2O4/c1-17(2,3)19-10-12(9-14(19)20)15(21)18-13-7-5-11(6-8-13)16(22)23-4/h5-8,12H,9-10H2,1-4H3,(H,18,21)/t12-/m0/s1. The van der Waals surface area contributed by atoms with E-state index in [4.69, 9.17) is 0 Å². The van der Waals surface area contributed by atoms with Crippen molar-refractivity contribution in [3.63, 3.8) is 0 Å². The molecule has 0 radical (unpaired) electrons. The molecule has 1 aromatic carbocycles. The first-order valence-electron chi connectivity index (χ1n) is 7.52. The third-order valence-electron chi connectivity index (χ3n) is 3.88. The highest BCUT2D eigenvalue weighted by atomic mass is 16.5. The van der Waals surface area contributed by atoms with Gasteiger partial charge in [0.15, 0.2) is 0 Å². The molecule has 1 atom stereocenters. The number of ether oxygens (including phenoxy) is 1. The van der Waals surface area contributed by atoms with Crippen molar-refractivity contribution in [3.05, 3.63) is 29.8 Å². The molecule has 1 fully saturated rings. The first-order valence-corrected chi connectivity index (χ1v) is 7.52. The number of rotatable bonds is 3. The minimum absolute atomic E-state index is 0.00121. The first kappa shape index (κ1) is 17.0. The predicted octanol–water partition coefficient (Wildman–Crippen LogP) is 2.06. The van der Waals surface area contributed by atoms with Crippen LogP contribution >= 0.6 is 0 Å². The van der Waals surface area contributed by atoms with Crippen LogP contribution in [0.25, 0.3) is 0 Å². The minimum atomic E-state index is -0.426. The predicted molar refractivity (Wildman–Crippen MR) is 86.0 cm³/mol. The third kappa shape index (κ3) is 3.88. The number of nitrogens with one attached hydrogen (secondary N) is 1. The number of likely N-dealkylation sites (tertiary alicyclic amines) is 1. The number of carbonyl (C=O) groups excluding carboxylic acids is 3. The number of anilines is 1. The summed E-state index contributed by atoms with van der Waals surface area (Å²) in [5, 5.41) is 2.79. The molecule has 6 nitrogen and oxygen atoms in total. The smallest absolute Gasteiger partial charge is 0.337 e. The van der Waals surface area contributed by atoms with Crippen molar-refractivity contribution in [2.45, 2.75) is 32.7 Å². The van der Waals surface area contributed by atoms with Crippen LogP contribution in [-0.4, -0.2) is 41.9 Å². The lowest BCUT2D eigenvalue weighted by Gasteiger charge is -2.31. The first-order chi connectivity index (χ1) is 10.7. The number of hydrogen-bond acceptors (Lipinski definition) is 4. The van der Waals surface area contributed by atoms with Gasteiger partial charge in [0.05, 0.1) is 18.6 Å². The maximum Gasteiger partial charge on any atom is 0.337 e. The van der Waals surface area contributed by atoms with Gasteiger partial charge in [0.2, 0.25) is 11.8 Å². The summed E-state index contributed by atoms with van der Waals surface area (Å²) < 4.78 is 4.62. The molecule has 0 spiro atoms. The number of amides is 2. The van der Waals surface area contributed by atoms with Crippen molar-refractivity contribution in [1.29, 1.82) is 0 Å². The molecule has 23 heavy (non-hydrogen) atoms. The lowest BCUT2D eigenvalue weighted by molar-refractivity contribution is -0.131. The molecule has 1 aliphatic rings. The van der Waals surface area contributed by atoms with Gasteiger partial charge in [-0.25, -0.2) is 4.79 Å². The van der Waals surface area contributed by atoms with Crippen molar-refractivity contribution < 1.29 is 19.1 Å². The fraction of sp³-hybridized carbons (Fsp3) is 0.471. The number of esters is 1. The average Bonchev–Trinajstić information content (AvgIpc) is 2.89. The highest BCUT2D eigenvalue weighted by molar-refractivity contribution is 5.98. The van der Waals surface area contributed by atoms with Gasteiger partial charge in [0.1, 0.15) is 0 Å². The number of benzene rings is 1. The van der Waals surface area contributed by atoms with Crippen LogP contribution in [-0.2, 0) is 14.3 Å². The van der Waals surface area contributed by atoms with Crippen LogP contribution in [0.15, 0.2) is 24.3 Å².